The van der Waals surface area contributed by atoms with E-state index in [1.165, 1.54) is 104 Å². The molecule has 2 aliphatic rings. The van der Waals surface area contributed by atoms with Crippen molar-refractivity contribution in [3.63, 3.8) is 0 Å². The second-order valence-corrected chi connectivity index (χ2v) is 32.1. The molecule has 1 unspecified atom stereocenters. The van der Waals surface area contributed by atoms with Crippen LogP contribution < -0.4 is 29.8 Å². The number of carbonyl (C=O) groups excluding carboxylic acids is 2. The summed E-state index contributed by atoms with van der Waals surface area (Å²) in [6.07, 6.45) is 0. The maximum atomic E-state index is 9.44. The maximum absolute atomic E-state index is 9.44. The number of hydrogen-bond acceptors (Lipinski definition) is 8. The van der Waals surface area contributed by atoms with Gasteiger partial charge in [0.05, 0.1) is 0 Å². The molecule has 2 fully saturated rings. The first-order valence-electron chi connectivity index (χ1n) is 26.4. The van der Waals surface area contributed by atoms with Gasteiger partial charge in [0.15, 0.2) is 0 Å². The van der Waals surface area contributed by atoms with Gasteiger partial charge in [-0.15, -0.1) is 0 Å². The first-order valence-corrected chi connectivity index (χ1v) is 37.4. The van der Waals surface area contributed by atoms with Crippen molar-refractivity contribution in [2.75, 3.05) is 83.8 Å². The fourth-order valence-corrected chi connectivity index (χ4v) is 14.5. The predicted octanol–water partition coefficient (Wildman–Crippen LogP) is 15.0. The molecule has 0 bridgehead atoms. The molecule has 16 heteroatoms. The van der Waals surface area contributed by atoms with E-state index in [-0.39, 0.29) is 18.0 Å². The smallest absolute Gasteiger partial charge is 0.0146 e. The average Bonchev–Trinajstić information content (AvgIpc) is 4.05. The van der Waals surface area contributed by atoms with E-state index in [1.54, 1.807) is 6.92 Å². The Labute approximate surface area is 504 Å². The van der Waals surface area contributed by atoms with Crippen LogP contribution in [-0.2, 0) is 36.5 Å². The minimum atomic E-state index is -1.86. The molecule has 2 saturated heterocycles. The number of rotatable bonds is 12. The number of anilines is 6. The van der Waals surface area contributed by atoms with Crippen LogP contribution in [0.15, 0.2) is 97.1 Å². The van der Waals surface area contributed by atoms with Gasteiger partial charge >= 0.3 is 228 Å². The molecular weight excluding hydrogens is 1260 g/mol. The van der Waals surface area contributed by atoms with Crippen molar-refractivity contribution in [1.29, 1.82) is 0 Å². The number of esters is 2. The summed E-state index contributed by atoms with van der Waals surface area (Å²) in [5.74, 6) is -0.0982. The van der Waals surface area contributed by atoms with Crippen molar-refractivity contribution in [2.45, 2.75) is 96.1 Å². The van der Waals surface area contributed by atoms with Gasteiger partial charge in [0, 0.05) is 48.9 Å². The van der Waals surface area contributed by atoms with Gasteiger partial charge in [-0.05, 0) is 128 Å². The molecule has 0 radical (unpaired) electrons. The van der Waals surface area contributed by atoms with Crippen molar-refractivity contribution >= 4 is 94.0 Å². The molecule has 0 aliphatic carbocycles. The second kappa shape index (κ2) is 31.0. The molecule has 0 spiro atoms. The van der Waals surface area contributed by atoms with Crippen LogP contribution in [-0.4, -0.2) is 90.8 Å². The van der Waals surface area contributed by atoms with Crippen LogP contribution in [0, 0.1) is 96.4 Å². The average molecular weight is 1340 g/mol. The number of ether oxygens (including phenoxy) is 2. The number of halogens is 4. The zero-order chi connectivity index (χ0) is 59.1. The molecule has 6 aromatic carbocycles. The van der Waals surface area contributed by atoms with E-state index in [0.717, 1.165) is 48.7 Å². The van der Waals surface area contributed by atoms with E-state index in [1.807, 2.05) is 69.7 Å². The monoisotopic (exact) mass is 1340 g/mol. The van der Waals surface area contributed by atoms with Crippen LogP contribution in [0.4, 0.5) is 34.1 Å². The topological polar surface area (TPSA) is 89.5 Å². The predicted molar refractivity (Wildman–Crippen MR) is 341 cm³/mol. The molecule has 0 saturated carbocycles. The summed E-state index contributed by atoms with van der Waals surface area (Å²) < 4.78 is 13.2. The third-order valence-corrected chi connectivity index (χ3v) is 17.3. The van der Waals surface area contributed by atoms with Gasteiger partial charge in [-0.25, -0.2) is 0 Å². The van der Waals surface area contributed by atoms with Gasteiger partial charge in [-0.2, -0.15) is 13.3 Å². The molecule has 8 rings (SSSR count). The third kappa shape index (κ3) is 18.6. The van der Waals surface area contributed by atoms with Gasteiger partial charge in [-0.1, -0.05) is 70.8 Å². The second-order valence-electron chi connectivity index (χ2n) is 20.6. The Kier molecular flexibility index (Phi) is 25.6. The van der Waals surface area contributed by atoms with Crippen molar-refractivity contribution in [3.8, 4) is 0 Å². The molecule has 10 nitrogen and oxygen atoms in total. The summed E-state index contributed by atoms with van der Waals surface area (Å²) in [5.41, 5.74) is 25.4. The molecule has 0 amide bonds. The summed E-state index contributed by atoms with van der Waals surface area (Å²) in [6, 6.07) is 33.3. The van der Waals surface area contributed by atoms with E-state index in [2.05, 4.69) is 170 Å². The van der Waals surface area contributed by atoms with Crippen LogP contribution in [0.5, 0.6) is 0 Å². The van der Waals surface area contributed by atoms with Gasteiger partial charge in [0.25, 0.3) is 0 Å². The van der Waals surface area contributed by atoms with Crippen LogP contribution >= 0.6 is 38.8 Å². The number of hydrogen-bond donors (Lipinski definition) is 1. The van der Waals surface area contributed by atoms with E-state index in [0.29, 0.717) is 6.54 Å². The molecule has 3 N–H and O–H groups in total. The van der Waals surface area contributed by atoms with E-state index < -0.39 is 27.0 Å². The van der Waals surface area contributed by atoms with Crippen molar-refractivity contribution in [1.82, 2.24) is 0 Å². The van der Waals surface area contributed by atoms with Crippen molar-refractivity contribution < 1.29 is 46.1 Å². The Morgan fingerprint density at radius 2 is 0.850 bits per heavy atom. The molecule has 6 aromatic rings. The molecule has 2 heterocycles. The number of nitrogens with one attached hydrogen (secondary N) is 1. The summed E-state index contributed by atoms with van der Waals surface area (Å²) in [7, 11) is 28.2. The number of methoxy groups -OCH3 is 2. The first kappa shape index (κ1) is 66.0. The number of aryl methyl sites for hydroxylation is 12. The zero-order valence-electron chi connectivity index (χ0n) is 49.3. The van der Waals surface area contributed by atoms with E-state index in [9.17, 15) is 9.59 Å². The van der Waals surface area contributed by atoms with Crippen molar-refractivity contribution in [2.24, 2.45) is 0 Å². The molecule has 2 aliphatic heterocycles. The van der Waals surface area contributed by atoms with Gasteiger partial charge < -0.3 is 19.6 Å². The quantitative estimate of drug-likeness (QED) is 0.0561. The molecular formula is C64H82Cl4N6O4Ru2. The van der Waals surface area contributed by atoms with Crippen LogP contribution in [0.3, 0.4) is 0 Å². The fraction of sp³-hybridized carbons (Fsp3) is 0.344. The van der Waals surface area contributed by atoms with E-state index in [4.69, 9.17) is 48.2 Å². The van der Waals surface area contributed by atoms with Crippen LogP contribution in [0.2, 0.25) is 0 Å². The Morgan fingerprint density at radius 3 is 1.18 bits per heavy atom. The molecule has 0 aromatic heterocycles. The Balaban J connectivity index is 0.000000198. The van der Waals surface area contributed by atoms with Gasteiger partial charge in [-0.3, -0.25) is 0 Å². The van der Waals surface area contributed by atoms with Gasteiger partial charge in [0.2, 0.25) is 0 Å². The Morgan fingerprint density at radius 1 is 0.537 bits per heavy atom. The Hall–Kier alpha value is -4.79. The van der Waals surface area contributed by atoms with Crippen LogP contribution in [0.25, 0.3) is 0 Å². The minimum absolute atomic E-state index is 0.0340. The number of nitrogens with zero attached hydrogens (tertiary/aromatic N) is 5. The fourth-order valence-electron chi connectivity index (χ4n) is 10.8. The Bertz CT molecular complexity index is 2850. The maximum Gasteiger partial charge on any atom is 0.0146 e. The summed E-state index contributed by atoms with van der Waals surface area (Å²) in [4.78, 5) is 30.3. The number of likely N-dealkylation sites (N-methyl/N-ethyl adjacent to an activating group) is 1. The minimum Gasteiger partial charge on any atom is -0.502 e. The van der Waals surface area contributed by atoms with Gasteiger partial charge in [0.1, 0.15) is 0 Å². The standard InChI is InChI=1S/2C21H27N2.2C11H13NO2.4ClH.2Ru/c2*1-14-9-16(3)20(17(4)10-14)22-7-8-23(13-22)21-18(5)11-15(2)12-19(21)6;1-9-6-4-5-7-10(9)12(2)8-11(13)14-3;1-8-6-4-5-7-10(8)12-9(2)11(13)14-3;;;;;;/h2*9-13H,7-8H2,1-6H3;1,4-7H,8H2,2-3H3;1,4-7,9,12H,2-3H3;4*1H;;/q2*-1;;;;;;;2*+2/p-2. The first-order chi connectivity index (χ1) is 37.8. The summed E-state index contributed by atoms with van der Waals surface area (Å²) in [5, 5.41) is 3.13. The molecule has 436 valence electrons. The summed E-state index contributed by atoms with van der Waals surface area (Å²) in [6.45, 7) is 37.2. The molecule has 80 heavy (non-hydrogen) atoms. The largest absolute Gasteiger partial charge is 0.502 e. The molecule has 1 atom stereocenters. The van der Waals surface area contributed by atoms with Crippen molar-refractivity contribution in [3.05, 3.63) is 188 Å². The zero-order valence-corrected chi connectivity index (χ0v) is 55.8. The SMILES string of the molecule is COC(=[OH+])C(C)Nc1ccccc1[CH]=[Ru]([Cl])[Cl].COC(=[OH+])CN(C)c1ccccc1[CH]=[Ru]([Cl])[Cl].Cc1cc(C)c(N2[CH-]N(c3c(C)cc(C)cc3C)CC2)c(C)c1.Cc1cc(C)c(N2[CH-]N(c3c(C)cc(C)cc3C)CC2)c(C)c1. The number of benzene rings is 6. The van der Waals surface area contributed by atoms with E-state index >= 15 is 0 Å². The normalized spacial score (nSPS) is 13.4. The number of para-hydroxylation sites is 2. The summed E-state index contributed by atoms with van der Waals surface area (Å²) >= 11 is -3.72. The third-order valence-electron chi connectivity index (χ3n) is 13.7. The van der Waals surface area contributed by atoms with Crippen LogP contribution in [0.1, 0.15) is 84.8 Å².